The van der Waals surface area contributed by atoms with Crippen LogP contribution in [0, 0.1) is 11.6 Å². The molecule has 0 atom stereocenters. The largest absolute Gasteiger partial charge is 0.336 e. The van der Waals surface area contributed by atoms with Crippen LogP contribution >= 0.6 is 0 Å². The second-order valence-electron chi connectivity index (χ2n) is 6.25. The highest BCUT2D eigenvalue weighted by Crippen LogP contribution is 2.16. The van der Waals surface area contributed by atoms with Gasteiger partial charge in [0.1, 0.15) is 11.6 Å². The van der Waals surface area contributed by atoms with E-state index in [9.17, 15) is 18.4 Å². The van der Waals surface area contributed by atoms with Gasteiger partial charge in [0.15, 0.2) is 0 Å². The molecule has 1 heterocycles. The van der Waals surface area contributed by atoms with E-state index in [0.29, 0.717) is 24.3 Å². The molecule has 0 spiro atoms. The van der Waals surface area contributed by atoms with E-state index in [4.69, 9.17) is 0 Å². The summed E-state index contributed by atoms with van der Waals surface area (Å²) in [5, 5.41) is 2.50. The number of halogens is 2. The molecule has 2 aromatic carbocycles. The van der Waals surface area contributed by atoms with Crippen LogP contribution in [0.4, 0.5) is 14.5 Å². The average Bonchev–Trinajstić information content (AvgIpc) is 2.64. The zero-order chi connectivity index (χ0) is 18.7. The van der Waals surface area contributed by atoms with Gasteiger partial charge in [0.2, 0.25) is 0 Å². The minimum Gasteiger partial charge on any atom is -0.336 e. The summed E-state index contributed by atoms with van der Waals surface area (Å²) in [5.41, 5.74) is 0.542. The van der Waals surface area contributed by atoms with Gasteiger partial charge in [0.05, 0.1) is 5.56 Å². The number of hydrogen-bond acceptors (Lipinski definition) is 3. The highest BCUT2D eigenvalue weighted by atomic mass is 19.1. The number of amides is 2. The first kappa shape index (κ1) is 18.0. The smallest absolute Gasteiger partial charge is 0.258 e. The van der Waals surface area contributed by atoms with Crippen LogP contribution in [0.25, 0.3) is 0 Å². The van der Waals surface area contributed by atoms with Crippen molar-refractivity contribution in [2.24, 2.45) is 0 Å². The van der Waals surface area contributed by atoms with Gasteiger partial charge in [-0.2, -0.15) is 0 Å². The zero-order valence-electron chi connectivity index (χ0n) is 14.3. The second kappa shape index (κ2) is 7.61. The van der Waals surface area contributed by atoms with Crippen molar-refractivity contribution in [2.75, 3.05) is 38.5 Å². The van der Waals surface area contributed by atoms with E-state index in [1.165, 1.54) is 0 Å². The summed E-state index contributed by atoms with van der Waals surface area (Å²) >= 11 is 0. The molecule has 136 valence electrons. The maximum absolute atomic E-state index is 13.6. The molecule has 5 nitrogen and oxygen atoms in total. The monoisotopic (exact) mass is 359 g/mol. The molecule has 7 heteroatoms. The lowest BCUT2D eigenvalue weighted by Crippen LogP contribution is -2.47. The molecule has 0 unspecified atom stereocenters. The number of likely N-dealkylation sites (N-methyl/N-ethyl adjacent to an activating group) is 1. The quantitative estimate of drug-likeness (QED) is 0.917. The number of hydrogen-bond donors (Lipinski definition) is 1. The van der Waals surface area contributed by atoms with Crippen LogP contribution in [0.5, 0.6) is 0 Å². The molecular weight excluding hydrogens is 340 g/mol. The van der Waals surface area contributed by atoms with Gasteiger partial charge in [-0.1, -0.05) is 0 Å². The molecule has 0 saturated carbocycles. The third-order valence-corrected chi connectivity index (χ3v) is 4.35. The first-order valence-electron chi connectivity index (χ1n) is 8.28. The summed E-state index contributed by atoms with van der Waals surface area (Å²) in [4.78, 5) is 28.5. The molecule has 0 bridgehead atoms. The minimum atomic E-state index is -0.800. The number of benzene rings is 2. The molecule has 1 aliphatic heterocycles. The molecule has 0 radical (unpaired) electrons. The standard InChI is InChI=1S/C19H19F2N3O2/c1-23-8-10-24(11-9-23)19(26)13-2-5-15(6-3-13)22-18(25)16-12-14(20)4-7-17(16)21/h2-7,12H,8-11H2,1H3,(H,22,25). The van der Waals surface area contributed by atoms with Crippen LogP contribution < -0.4 is 5.32 Å². The van der Waals surface area contributed by atoms with Crippen LogP contribution in [0.3, 0.4) is 0 Å². The normalized spacial score (nSPS) is 15.0. The van der Waals surface area contributed by atoms with Gasteiger partial charge in [-0.05, 0) is 49.5 Å². The van der Waals surface area contributed by atoms with Crippen LogP contribution in [0.1, 0.15) is 20.7 Å². The number of carbonyl (C=O) groups is 2. The Hall–Kier alpha value is -2.80. The van der Waals surface area contributed by atoms with E-state index < -0.39 is 17.5 Å². The van der Waals surface area contributed by atoms with Crippen molar-refractivity contribution in [3.05, 3.63) is 65.2 Å². The SMILES string of the molecule is CN1CCN(C(=O)c2ccc(NC(=O)c3cc(F)ccc3F)cc2)CC1. The maximum atomic E-state index is 13.6. The van der Waals surface area contributed by atoms with E-state index in [0.717, 1.165) is 31.3 Å². The number of nitrogens with one attached hydrogen (secondary N) is 1. The van der Waals surface area contributed by atoms with Gasteiger partial charge >= 0.3 is 0 Å². The first-order chi connectivity index (χ1) is 12.4. The van der Waals surface area contributed by atoms with E-state index in [1.807, 2.05) is 7.05 Å². The van der Waals surface area contributed by atoms with Gasteiger partial charge in [0, 0.05) is 37.4 Å². The summed E-state index contributed by atoms with van der Waals surface area (Å²) in [6, 6.07) is 9.05. The average molecular weight is 359 g/mol. The highest BCUT2D eigenvalue weighted by molar-refractivity contribution is 6.04. The minimum absolute atomic E-state index is 0.0628. The molecule has 0 aliphatic carbocycles. The first-order valence-corrected chi connectivity index (χ1v) is 8.28. The zero-order valence-corrected chi connectivity index (χ0v) is 14.3. The Bertz CT molecular complexity index is 816. The molecule has 26 heavy (non-hydrogen) atoms. The summed E-state index contributed by atoms with van der Waals surface area (Å²) in [6.45, 7) is 3.01. The summed E-state index contributed by atoms with van der Waals surface area (Å²) in [7, 11) is 2.01. The number of nitrogens with zero attached hydrogens (tertiary/aromatic N) is 2. The highest BCUT2D eigenvalue weighted by Gasteiger charge is 2.20. The molecule has 2 amide bonds. The van der Waals surface area contributed by atoms with Crippen LogP contribution in [-0.2, 0) is 0 Å². The lowest BCUT2D eigenvalue weighted by Gasteiger charge is -2.32. The van der Waals surface area contributed by atoms with Crippen molar-refractivity contribution < 1.29 is 18.4 Å². The van der Waals surface area contributed by atoms with Gasteiger partial charge in [-0.3, -0.25) is 9.59 Å². The van der Waals surface area contributed by atoms with Crippen molar-refractivity contribution >= 4 is 17.5 Å². The molecule has 1 N–H and O–H groups in total. The Morgan fingerprint density at radius 1 is 0.962 bits per heavy atom. The Balaban J connectivity index is 1.67. The van der Waals surface area contributed by atoms with Crippen molar-refractivity contribution in [1.29, 1.82) is 0 Å². The second-order valence-corrected chi connectivity index (χ2v) is 6.25. The molecule has 3 rings (SSSR count). The number of carbonyl (C=O) groups excluding carboxylic acids is 2. The summed E-state index contributed by atoms with van der Waals surface area (Å²) in [6.07, 6.45) is 0. The fourth-order valence-electron chi connectivity index (χ4n) is 2.76. The predicted octanol–water partition coefficient (Wildman–Crippen LogP) is 2.60. The Labute approximate surface area is 150 Å². The number of piperazine rings is 1. The van der Waals surface area contributed by atoms with Crippen molar-refractivity contribution in [3.63, 3.8) is 0 Å². The topological polar surface area (TPSA) is 52.6 Å². The van der Waals surface area contributed by atoms with Crippen molar-refractivity contribution in [3.8, 4) is 0 Å². The van der Waals surface area contributed by atoms with E-state index in [-0.39, 0.29) is 11.5 Å². The number of rotatable bonds is 3. The van der Waals surface area contributed by atoms with Crippen LogP contribution in [0.15, 0.2) is 42.5 Å². The van der Waals surface area contributed by atoms with Gasteiger partial charge in [0.25, 0.3) is 11.8 Å². The third kappa shape index (κ3) is 4.05. The molecular formula is C19H19F2N3O2. The number of anilines is 1. The fourth-order valence-corrected chi connectivity index (χ4v) is 2.76. The van der Waals surface area contributed by atoms with E-state index in [2.05, 4.69) is 10.2 Å². The Morgan fingerprint density at radius 2 is 1.62 bits per heavy atom. The molecule has 1 aliphatic rings. The van der Waals surface area contributed by atoms with E-state index in [1.54, 1.807) is 29.2 Å². The van der Waals surface area contributed by atoms with Gasteiger partial charge in [-0.15, -0.1) is 0 Å². The van der Waals surface area contributed by atoms with Gasteiger partial charge < -0.3 is 15.1 Å². The Morgan fingerprint density at radius 3 is 2.27 bits per heavy atom. The third-order valence-electron chi connectivity index (χ3n) is 4.35. The summed E-state index contributed by atoms with van der Waals surface area (Å²) in [5.74, 6) is -2.30. The Kier molecular flexibility index (Phi) is 5.27. The van der Waals surface area contributed by atoms with Crippen molar-refractivity contribution in [1.82, 2.24) is 9.80 Å². The maximum Gasteiger partial charge on any atom is 0.258 e. The molecule has 1 saturated heterocycles. The summed E-state index contributed by atoms with van der Waals surface area (Å²) < 4.78 is 26.8. The lowest BCUT2D eigenvalue weighted by atomic mass is 10.1. The predicted molar refractivity (Wildman–Crippen MR) is 94.2 cm³/mol. The lowest BCUT2D eigenvalue weighted by molar-refractivity contribution is 0.0664. The van der Waals surface area contributed by atoms with Gasteiger partial charge in [-0.25, -0.2) is 8.78 Å². The van der Waals surface area contributed by atoms with Crippen LogP contribution in [-0.4, -0.2) is 54.8 Å². The molecule has 0 aromatic heterocycles. The van der Waals surface area contributed by atoms with E-state index >= 15 is 0 Å². The molecule has 1 fully saturated rings. The van der Waals surface area contributed by atoms with Crippen molar-refractivity contribution in [2.45, 2.75) is 0 Å². The molecule has 2 aromatic rings. The fraction of sp³-hybridized carbons (Fsp3) is 0.263. The van der Waals surface area contributed by atoms with Crippen LogP contribution in [0.2, 0.25) is 0 Å².